The van der Waals surface area contributed by atoms with Crippen molar-refractivity contribution in [1.82, 2.24) is 15.3 Å². The van der Waals surface area contributed by atoms with E-state index in [2.05, 4.69) is 33.5 Å². The average molecular weight is 326 g/mol. The molecule has 4 rings (SSSR count). The third-order valence-corrected chi connectivity index (χ3v) is 4.58. The number of hydrogen-bond donors (Lipinski definition) is 2. The van der Waals surface area contributed by atoms with Gasteiger partial charge in [-0.15, -0.1) is 0 Å². The van der Waals surface area contributed by atoms with Crippen LogP contribution in [-0.4, -0.2) is 22.4 Å². The van der Waals surface area contributed by atoms with Crippen molar-refractivity contribution in [3.8, 4) is 11.3 Å². The smallest absolute Gasteiger partial charge is 0.253 e. The molecule has 2 N–H and O–H groups in total. The van der Waals surface area contributed by atoms with Crippen molar-refractivity contribution in [2.45, 2.75) is 18.8 Å². The number of carbonyl (C=O) groups excluding carboxylic acids is 1. The van der Waals surface area contributed by atoms with E-state index in [1.54, 1.807) is 12.3 Å². The Labute approximate surface area is 139 Å². The Balaban J connectivity index is 1.78. The van der Waals surface area contributed by atoms with Crippen LogP contribution < -0.4 is 5.32 Å². The van der Waals surface area contributed by atoms with Gasteiger partial charge in [0.2, 0.25) is 0 Å². The van der Waals surface area contributed by atoms with Crippen LogP contribution in [0, 0.1) is 0 Å². The molecule has 1 aliphatic carbocycles. The minimum atomic E-state index is -0.0284. The van der Waals surface area contributed by atoms with Gasteiger partial charge in [-0.1, -0.05) is 29.8 Å². The number of halogens is 1. The normalized spacial score (nSPS) is 20.0. The summed E-state index contributed by atoms with van der Waals surface area (Å²) in [5.74, 6) is 0.143. The highest BCUT2D eigenvalue weighted by atomic mass is 35.5. The summed E-state index contributed by atoms with van der Waals surface area (Å²) >= 11 is 5.98. The fourth-order valence-electron chi connectivity index (χ4n) is 3.23. The van der Waals surface area contributed by atoms with Crippen LogP contribution in [0.5, 0.6) is 0 Å². The maximum atomic E-state index is 12.2. The highest BCUT2D eigenvalue weighted by molar-refractivity contribution is 6.29. The van der Waals surface area contributed by atoms with Gasteiger partial charge < -0.3 is 10.3 Å². The molecule has 3 heterocycles. The van der Waals surface area contributed by atoms with E-state index in [-0.39, 0.29) is 11.8 Å². The third-order valence-electron chi connectivity index (χ3n) is 4.37. The lowest BCUT2D eigenvalue weighted by Gasteiger charge is -2.25. The molecule has 0 fully saturated rings. The van der Waals surface area contributed by atoms with Crippen LogP contribution in [-0.2, 0) is 0 Å². The second kappa shape index (κ2) is 5.70. The van der Waals surface area contributed by atoms with E-state index >= 15 is 0 Å². The highest BCUT2D eigenvalue weighted by Gasteiger charge is 2.29. The Morgan fingerprint density at radius 3 is 2.96 bits per heavy atom. The van der Waals surface area contributed by atoms with Gasteiger partial charge in [0, 0.05) is 35.6 Å². The maximum absolute atomic E-state index is 12.2. The standard InChI is InChI=1S/C18H16ClN3O/c19-16-8-12(6-7-20-16)15-9-13-17(22-15)14(10-21-18(13)23)11-4-2-1-3-5-11/h2,4-9,14,22H,1,3,10H2,(H,21,23). The number of aromatic amines is 1. The summed E-state index contributed by atoms with van der Waals surface area (Å²) in [5.41, 5.74) is 4.78. The van der Waals surface area contributed by atoms with Gasteiger partial charge in [-0.25, -0.2) is 4.98 Å². The fraction of sp³-hybridized carbons (Fsp3) is 0.222. The minimum Gasteiger partial charge on any atom is -0.357 e. The zero-order valence-electron chi connectivity index (χ0n) is 12.5. The van der Waals surface area contributed by atoms with Gasteiger partial charge in [-0.2, -0.15) is 0 Å². The number of nitrogens with one attached hydrogen (secondary N) is 2. The molecule has 4 nitrogen and oxygen atoms in total. The molecule has 1 amide bonds. The SMILES string of the molecule is O=C1NCC(C2=CCCC=C2)c2[nH]c(-c3ccnc(Cl)c3)cc21. The first-order chi connectivity index (χ1) is 11.2. The Morgan fingerprint density at radius 1 is 1.26 bits per heavy atom. The zero-order chi connectivity index (χ0) is 15.8. The van der Waals surface area contributed by atoms with Crippen LogP contribution in [0.4, 0.5) is 0 Å². The lowest BCUT2D eigenvalue weighted by atomic mass is 9.87. The number of amides is 1. The van der Waals surface area contributed by atoms with Gasteiger partial charge in [0.1, 0.15) is 5.15 Å². The van der Waals surface area contributed by atoms with Crippen LogP contribution in [0.1, 0.15) is 34.8 Å². The molecule has 2 aromatic rings. The van der Waals surface area contributed by atoms with E-state index in [9.17, 15) is 4.79 Å². The summed E-state index contributed by atoms with van der Waals surface area (Å²) in [4.78, 5) is 19.7. The van der Waals surface area contributed by atoms with Gasteiger partial charge in [0.25, 0.3) is 5.91 Å². The summed E-state index contributed by atoms with van der Waals surface area (Å²) in [6, 6.07) is 5.58. The van der Waals surface area contributed by atoms with Crippen molar-refractivity contribution in [3.63, 3.8) is 0 Å². The van der Waals surface area contributed by atoms with E-state index in [0.29, 0.717) is 17.3 Å². The predicted molar refractivity (Wildman–Crippen MR) is 90.6 cm³/mol. The Morgan fingerprint density at radius 2 is 2.17 bits per heavy atom. The molecular formula is C18H16ClN3O. The molecule has 0 bridgehead atoms. The minimum absolute atomic E-state index is 0.0284. The molecule has 0 spiro atoms. The molecule has 0 saturated heterocycles. The van der Waals surface area contributed by atoms with Crippen LogP contribution in [0.15, 0.2) is 48.2 Å². The number of hydrogen-bond acceptors (Lipinski definition) is 2. The van der Waals surface area contributed by atoms with Crippen LogP contribution in [0.2, 0.25) is 5.15 Å². The summed E-state index contributed by atoms with van der Waals surface area (Å²) in [5, 5.41) is 3.43. The molecule has 0 saturated carbocycles. The van der Waals surface area contributed by atoms with Gasteiger partial charge in [-0.05, 0) is 36.6 Å². The van der Waals surface area contributed by atoms with E-state index in [1.807, 2.05) is 12.1 Å². The lowest BCUT2D eigenvalue weighted by Crippen LogP contribution is -2.35. The summed E-state index contributed by atoms with van der Waals surface area (Å²) < 4.78 is 0. The van der Waals surface area contributed by atoms with Gasteiger partial charge in [-0.3, -0.25) is 4.79 Å². The van der Waals surface area contributed by atoms with Crippen molar-refractivity contribution in [2.24, 2.45) is 0 Å². The van der Waals surface area contributed by atoms with Gasteiger partial charge in [0.05, 0.1) is 5.56 Å². The lowest BCUT2D eigenvalue weighted by molar-refractivity contribution is 0.0942. The molecule has 0 radical (unpaired) electrons. The van der Waals surface area contributed by atoms with Crippen molar-refractivity contribution in [3.05, 3.63) is 64.6 Å². The highest BCUT2D eigenvalue weighted by Crippen LogP contribution is 2.35. The first kappa shape index (κ1) is 14.3. The Hall–Kier alpha value is -2.33. The Bertz CT molecular complexity index is 835. The molecule has 1 atom stereocenters. The molecule has 2 aromatic heterocycles. The molecule has 1 unspecified atom stereocenters. The van der Waals surface area contributed by atoms with Crippen molar-refractivity contribution < 1.29 is 4.79 Å². The number of allylic oxidation sites excluding steroid dienone is 3. The molecule has 23 heavy (non-hydrogen) atoms. The molecular weight excluding hydrogens is 310 g/mol. The van der Waals surface area contributed by atoms with Crippen LogP contribution in [0.3, 0.4) is 0 Å². The van der Waals surface area contributed by atoms with E-state index in [0.717, 1.165) is 29.8 Å². The maximum Gasteiger partial charge on any atom is 0.253 e. The number of rotatable bonds is 2. The molecule has 0 aromatic carbocycles. The van der Waals surface area contributed by atoms with Crippen molar-refractivity contribution in [2.75, 3.05) is 6.54 Å². The fourth-order valence-corrected chi connectivity index (χ4v) is 3.40. The third kappa shape index (κ3) is 2.59. The number of pyridine rings is 1. The Kier molecular flexibility index (Phi) is 3.54. The average Bonchev–Trinajstić information content (AvgIpc) is 3.02. The zero-order valence-corrected chi connectivity index (χ0v) is 13.2. The number of aromatic nitrogens is 2. The first-order valence-electron chi connectivity index (χ1n) is 7.72. The molecule has 1 aliphatic heterocycles. The number of H-pyrrole nitrogens is 1. The van der Waals surface area contributed by atoms with Crippen LogP contribution in [0.25, 0.3) is 11.3 Å². The quantitative estimate of drug-likeness (QED) is 0.824. The second-order valence-electron chi connectivity index (χ2n) is 5.82. The topological polar surface area (TPSA) is 57.8 Å². The van der Waals surface area contributed by atoms with Crippen LogP contribution >= 0.6 is 11.6 Å². The number of fused-ring (bicyclic) bond motifs is 1. The van der Waals surface area contributed by atoms with Gasteiger partial charge >= 0.3 is 0 Å². The largest absolute Gasteiger partial charge is 0.357 e. The predicted octanol–water partition coefficient (Wildman–Crippen LogP) is 3.83. The number of carbonyl (C=O) groups is 1. The van der Waals surface area contributed by atoms with E-state index < -0.39 is 0 Å². The van der Waals surface area contributed by atoms with Crippen molar-refractivity contribution >= 4 is 17.5 Å². The van der Waals surface area contributed by atoms with Crippen molar-refractivity contribution in [1.29, 1.82) is 0 Å². The summed E-state index contributed by atoms with van der Waals surface area (Å²) in [7, 11) is 0. The monoisotopic (exact) mass is 325 g/mol. The first-order valence-corrected chi connectivity index (χ1v) is 8.10. The second-order valence-corrected chi connectivity index (χ2v) is 6.21. The van der Waals surface area contributed by atoms with Gasteiger partial charge in [0.15, 0.2) is 0 Å². The summed E-state index contributed by atoms with van der Waals surface area (Å²) in [6.07, 6.45) is 10.4. The van der Waals surface area contributed by atoms with E-state index in [4.69, 9.17) is 11.6 Å². The van der Waals surface area contributed by atoms with E-state index in [1.165, 1.54) is 5.57 Å². The molecule has 5 heteroatoms. The molecule has 2 aliphatic rings. The number of nitrogens with zero attached hydrogens (tertiary/aromatic N) is 1. The summed E-state index contributed by atoms with van der Waals surface area (Å²) in [6.45, 7) is 0.624. The molecule has 116 valence electrons.